The molecule has 0 aliphatic heterocycles. The number of hydrogen-bond acceptors (Lipinski definition) is 2. The molecule has 0 bridgehead atoms. The molecule has 0 saturated heterocycles. The van der Waals surface area contributed by atoms with Crippen LogP contribution in [0.1, 0.15) is 15.9 Å². The zero-order valence-electron chi connectivity index (χ0n) is 14.5. The highest BCUT2D eigenvalue weighted by atomic mass is 19.4. The molecule has 3 aromatic carbocycles. The Bertz CT molecular complexity index is 1200. The van der Waals surface area contributed by atoms with Crippen LogP contribution in [0.25, 0.3) is 21.8 Å². The fraction of sp³-hybridized carbons (Fsp3) is 0.0952. The van der Waals surface area contributed by atoms with Gasteiger partial charge >= 0.3 is 6.36 Å². The number of fused-ring (bicyclic) bond motifs is 3. The molecule has 0 atom stereocenters. The van der Waals surface area contributed by atoms with E-state index in [1.165, 1.54) is 12.1 Å². The fourth-order valence-electron chi connectivity index (χ4n) is 3.50. The number of aromatic nitrogens is 1. The van der Waals surface area contributed by atoms with Crippen molar-refractivity contribution in [3.8, 4) is 5.75 Å². The number of carbonyl (C=O) groups is 1. The molecule has 0 aliphatic rings. The molecule has 0 aliphatic carbocycles. The maximum absolute atomic E-state index is 12.8. The first-order chi connectivity index (χ1) is 13.3. The molecule has 0 radical (unpaired) electrons. The van der Waals surface area contributed by atoms with E-state index < -0.39 is 12.3 Å². The van der Waals surface area contributed by atoms with Crippen LogP contribution in [0.5, 0.6) is 5.75 Å². The average Bonchev–Trinajstić information content (AvgIpc) is 2.96. The number of nitrogens with two attached hydrogens (primary N) is 1. The van der Waals surface area contributed by atoms with Crippen molar-refractivity contribution in [1.82, 2.24) is 4.57 Å². The van der Waals surface area contributed by atoms with E-state index in [1.54, 1.807) is 24.3 Å². The van der Waals surface area contributed by atoms with Gasteiger partial charge in [-0.25, -0.2) is 0 Å². The summed E-state index contributed by atoms with van der Waals surface area (Å²) >= 11 is 0. The first kappa shape index (κ1) is 17.9. The van der Waals surface area contributed by atoms with Gasteiger partial charge in [0.15, 0.2) is 0 Å². The van der Waals surface area contributed by atoms with Gasteiger partial charge in [-0.05, 0) is 24.3 Å². The van der Waals surface area contributed by atoms with Crippen molar-refractivity contribution in [3.63, 3.8) is 0 Å². The Morgan fingerprint density at radius 3 is 2.36 bits per heavy atom. The number of benzene rings is 3. The number of ether oxygens (including phenoxy) is 1. The molecule has 4 aromatic rings. The molecule has 4 rings (SSSR count). The lowest BCUT2D eigenvalue weighted by Crippen LogP contribution is -2.18. The highest BCUT2D eigenvalue weighted by molar-refractivity contribution is 6.17. The van der Waals surface area contributed by atoms with E-state index in [9.17, 15) is 18.0 Å². The second-order valence-electron chi connectivity index (χ2n) is 6.32. The van der Waals surface area contributed by atoms with Gasteiger partial charge in [0.05, 0.1) is 12.1 Å². The summed E-state index contributed by atoms with van der Waals surface area (Å²) in [4.78, 5) is 11.9. The number of halogens is 3. The van der Waals surface area contributed by atoms with Crippen LogP contribution in [0, 0.1) is 0 Å². The minimum absolute atomic E-state index is 0.137. The Morgan fingerprint density at radius 1 is 0.929 bits per heavy atom. The summed E-state index contributed by atoms with van der Waals surface area (Å²) in [7, 11) is 0. The third-order valence-electron chi connectivity index (χ3n) is 4.59. The summed E-state index contributed by atoms with van der Waals surface area (Å²) in [6, 6.07) is 18.6. The molecule has 1 heterocycles. The van der Waals surface area contributed by atoms with Gasteiger partial charge in [0, 0.05) is 27.4 Å². The molecule has 7 heteroatoms. The van der Waals surface area contributed by atoms with Crippen molar-refractivity contribution in [3.05, 3.63) is 77.9 Å². The summed E-state index contributed by atoms with van der Waals surface area (Å²) in [5.41, 5.74) is 7.76. The quantitative estimate of drug-likeness (QED) is 0.547. The van der Waals surface area contributed by atoms with Crippen molar-refractivity contribution in [2.75, 3.05) is 0 Å². The largest absolute Gasteiger partial charge is 0.573 e. The molecule has 28 heavy (non-hydrogen) atoms. The molecule has 142 valence electrons. The van der Waals surface area contributed by atoms with Crippen molar-refractivity contribution >= 4 is 27.7 Å². The molecule has 0 saturated carbocycles. The van der Waals surface area contributed by atoms with Gasteiger partial charge in [-0.3, -0.25) is 4.79 Å². The summed E-state index contributed by atoms with van der Waals surface area (Å²) in [6.45, 7) is 0.137. The van der Waals surface area contributed by atoms with Gasteiger partial charge < -0.3 is 15.0 Å². The SMILES string of the molecule is NC(=O)c1cccc2c1c1ccccc1n2Cc1ccccc1OC(F)(F)F. The number of hydrogen-bond donors (Lipinski definition) is 1. The average molecular weight is 384 g/mol. The molecule has 4 nitrogen and oxygen atoms in total. The molecule has 1 aromatic heterocycles. The van der Waals surface area contributed by atoms with E-state index in [4.69, 9.17) is 5.73 Å². The van der Waals surface area contributed by atoms with Crippen LogP contribution >= 0.6 is 0 Å². The minimum Gasteiger partial charge on any atom is -0.405 e. The fourth-order valence-corrected chi connectivity index (χ4v) is 3.50. The minimum atomic E-state index is -4.78. The van der Waals surface area contributed by atoms with E-state index in [1.807, 2.05) is 34.9 Å². The third-order valence-corrected chi connectivity index (χ3v) is 4.59. The molecule has 2 N–H and O–H groups in total. The summed E-state index contributed by atoms with van der Waals surface area (Å²) in [5, 5.41) is 1.49. The normalized spacial score (nSPS) is 11.8. The van der Waals surface area contributed by atoms with Gasteiger partial charge in [-0.15, -0.1) is 13.2 Å². The zero-order chi connectivity index (χ0) is 19.9. The Kier molecular flexibility index (Phi) is 4.22. The number of rotatable bonds is 4. The highest BCUT2D eigenvalue weighted by Gasteiger charge is 2.32. The third kappa shape index (κ3) is 3.15. The summed E-state index contributed by atoms with van der Waals surface area (Å²) < 4.78 is 44.3. The predicted octanol–water partition coefficient (Wildman–Crippen LogP) is 4.84. The number of amides is 1. The number of carbonyl (C=O) groups excluding carboxylic acids is 1. The van der Waals surface area contributed by atoms with Crippen molar-refractivity contribution in [2.45, 2.75) is 12.9 Å². The Balaban J connectivity index is 1.93. The first-order valence-corrected chi connectivity index (χ1v) is 8.48. The van der Waals surface area contributed by atoms with Gasteiger partial charge in [0.2, 0.25) is 5.91 Å². The van der Waals surface area contributed by atoms with E-state index >= 15 is 0 Å². The lowest BCUT2D eigenvalue weighted by Gasteiger charge is -2.15. The molecule has 1 amide bonds. The van der Waals surface area contributed by atoms with Crippen LogP contribution in [0.3, 0.4) is 0 Å². The zero-order valence-corrected chi connectivity index (χ0v) is 14.5. The molecule has 0 unspecified atom stereocenters. The second kappa shape index (κ2) is 6.60. The Labute approximate surface area is 157 Å². The lowest BCUT2D eigenvalue weighted by molar-refractivity contribution is -0.274. The topological polar surface area (TPSA) is 57.2 Å². The summed E-state index contributed by atoms with van der Waals surface area (Å²) in [6.07, 6.45) is -4.78. The number of primary amides is 1. The van der Waals surface area contributed by atoms with Crippen molar-refractivity contribution < 1.29 is 22.7 Å². The van der Waals surface area contributed by atoms with Gasteiger partial charge in [0.25, 0.3) is 0 Å². The number of alkyl halides is 3. The Hall–Kier alpha value is -3.48. The van der Waals surface area contributed by atoms with Crippen LogP contribution in [0.2, 0.25) is 0 Å². The summed E-state index contributed by atoms with van der Waals surface area (Å²) in [5.74, 6) is -0.818. The molecular weight excluding hydrogens is 369 g/mol. The molecule has 0 spiro atoms. The van der Waals surface area contributed by atoms with E-state index in [0.717, 1.165) is 10.9 Å². The smallest absolute Gasteiger partial charge is 0.405 e. The maximum atomic E-state index is 12.8. The molecular formula is C21H15F3N2O2. The maximum Gasteiger partial charge on any atom is 0.573 e. The van der Waals surface area contributed by atoms with Crippen LogP contribution < -0.4 is 10.5 Å². The van der Waals surface area contributed by atoms with Crippen LogP contribution in [0.15, 0.2) is 66.7 Å². The van der Waals surface area contributed by atoms with Gasteiger partial charge in [-0.1, -0.05) is 42.5 Å². The van der Waals surface area contributed by atoms with E-state index in [-0.39, 0.29) is 12.3 Å². The van der Waals surface area contributed by atoms with Crippen molar-refractivity contribution in [1.29, 1.82) is 0 Å². The van der Waals surface area contributed by atoms with E-state index in [2.05, 4.69) is 4.74 Å². The molecule has 0 fully saturated rings. The highest BCUT2D eigenvalue weighted by Crippen LogP contribution is 2.34. The number of nitrogens with zero attached hydrogens (tertiary/aromatic N) is 1. The van der Waals surface area contributed by atoms with Crippen LogP contribution in [-0.4, -0.2) is 16.8 Å². The monoisotopic (exact) mass is 384 g/mol. The Morgan fingerprint density at radius 2 is 1.61 bits per heavy atom. The number of para-hydroxylation sites is 2. The predicted molar refractivity (Wildman–Crippen MR) is 100 cm³/mol. The van der Waals surface area contributed by atoms with E-state index in [0.29, 0.717) is 22.0 Å². The van der Waals surface area contributed by atoms with Crippen LogP contribution in [-0.2, 0) is 6.54 Å². The lowest BCUT2D eigenvalue weighted by atomic mass is 10.1. The van der Waals surface area contributed by atoms with Gasteiger partial charge in [0.1, 0.15) is 5.75 Å². The van der Waals surface area contributed by atoms with Crippen LogP contribution in [0.4, 0.5) is 13.2 Å². The van der Waals surface area contributed by atoms with Gasteiger partial charge in [-0.2, -0.15) is 0 Å². The van der Waals surface area contributed by atoms with Crippen molar-refractivity contribution in [2.24, 2.45) is 5.73 Å². The second-order valence-corrected chi connectivity index (χ2v) is 6.32. The first-order valence-electron chi connectivity index (χ1n) is 8.48. The standard InChI is InChI=1S/C21H15F3N2O2/c22-21(23,24)28-18-11-4-1-6-13(18)12-26-16-9-3-2-7-14(16)19-15(20(25)27)8-5-10-17(19)26/h1-11H,12H2,(H2,25,27).